The number of unbranched alkanes of at least 4 members (excludes halogenated alkanes) is 16. The maximum Gasteiger partial charge on any atom is 0.0617 e. The third-order valence-electron chi connectivity index (χ3n) is 6.25. The zero-order valence-electron chi connectivity index (χ0n) is 22.1. The van der Waals surface area contributed by atoms with Crippen molar-refractivity contribution in [2.24, 2.45) is 5.73 Å². The molecule has 0 saturated carbocycles. The number of ether oxygens (including phenoxy) is 1. The first-order valence-corrected chi connectivity index (χ1v) is 14.4. The van der Waals surface area contributed by atoms with E-state index in [0.29, 0.717) is 0 Å². The maximum absolute atomic E-state index is 6.19. The van der Waals surface area contributed by atoms with E-state index in [9.17, 15) is 0 Å². The molecule has 0 amide bonds. The van der Waals surface area contributed by atoms with Gasteiger partial charge in [-0.2, -0.15) is 0 Å². The third kappa shape index (κ3) is 27.4. The number of hydrogen-bond donors (Lipinski definition) is 1. The van der Waals surface area contributed by atoms with Gasteiger partial charge in [-0.05, 0) is 44.9 Å². The van der Waals surface area contributed by atoms with Gasteiger partial charge in [0.25, 0.3) is 0 Å². The van der Waals surface area contributed by atoms with Crippen LogP contribution >= 0.6 is 0 Å². The van der Waals surface area contributed by atoms with Gasteiger partial charge in [-0.1, -0.05) is 128 Å². The molecule has 0 heterocycles. The van der Waals surface area contributed by atoms with Crippen molar-refractivity contribution in [3.8, 4) is 0 Å². The summed E-state index contributed by atoms with van der Waals surface area (Å²) in [6.07, 6.45) is 36.9. The summed E-state index contributed by atoms with van der Waals surface area (Å²) in [6, 6.07) is 0.236. The van der Waals surface area contributed by atoms with Crippen molar-refractivity contribution < 1.29 is 4.74 Å². The van der Waals surface area contributed by atoms with Gasteiger partial charge in [-0.15, -0.1) is 0 Å². The average Bonchev–Trinajstić information content (AvgIpc) is 2.80. The molecular formula is C30H59NO. The highest BCUT2D eigenvalue weighted by Crippen LogP contribution is 2.11. The van der Waals surface area contributed by atoms with E-state index in [-0.39, 0.29) is 6.04 Å². The molecule has 0 aromatic heterocycles. The second-order valence-corrected chi connectivity index (χ2v) is 9.68. The summed E-state index contributed by atoms with van der Waals surface area (Å²) in [5.74, 6) is 0. The first-order chi connectivity index (χ1) is 15.8. The van der Waals surface area contributed by atoms with E-state index < -0.39 is 0 Å². The van der Waals surface area contributed by atoms with E-state index in [1.807, 2.05) is 0 Å². The Morgan fingerprint density at radius 1 is 0.562 bits per heavy atom. The molecule has 0 aliphatic heterocycles. The van der Waals surface area contributed by atoms with Crippen LogP contribution in [0.4, 0.5) is 0 Å². The second-order valence-electron chi connectivity index (χ2n) is 9.68. The highest BCUT2D eigenvalue weighted by Gasteiger charge is 2.02. The largest absolute Gasteiger partial charge is 0.380 e. The highest BCUT2D eigenvalue weighted by molar-refractivity contribution is 4.92. The van der Waals surface area contributed by atoms with Gasteiger partial charge in [0.2, 0.25) is 0 Å². The number of hydrogen-bond acceptors (Lipinski definition) is 2. The minimum absolute atomic E-state index is 0.236. The molecule has 0 saturated heterocycles. The molecular weight excluding hydrogens is 390 g/mol. The summed E-state index contributed by atoms with van der Waals surface area (Å²) in [7, 11) is 0. The summed E-state index contributed by atoms with van der Waals surface area (Å²) in [5, 5.41) is 0. The van der Waals surface area contributed by atoms with Crippen molar-refractivity contribution in [2.45, 2.75) is 155 Å². The van der Waals surface area contributed by atoms with E-state index in [2.05, 4.69) is 38.2 Å². The summed E-state index contributed by atoms with van der Waals surface area (Å²) in [4.78, 5) is 0. The Morgan fingerprint density at radius 2 is 1.03 bits per heavy atom. The van der Waals surface area contributed by atoms with Crippen LogP contribution in [0.15, 0.2) is 24.3 Å². The minimum atomic E-state index is 0.236. The molecule has 0 aromatic carbocycles. The maximum atomic E-state index is 6.19. The lowest BCUT2D eigenvalue weighted by Gasteiger charge is -2.12. The molecule has 32 heavy (non-hydrogen) atoms. The Balaban J connectivity index is 3.21. The van der Waals surface area contributed by atoms with E-state index in [1.54, 1.807) is 0 Å². The van der Waals surface area contributed by atoms with E-state index in [4.69, 9.17) is 10.5 Å². The van der Waals surface area contributed by atoms with Crippen LogP contribution < -0.4 is 5.73 Å². The summed E-state index contributed by atoms with van der Waals surface area (Å²) in [6.45, 7) is 6.18. The molecule has 0 aliphatic carbocycles. The summed E-state index contributed by atoms with van der Waals surface area (Å²) < 4.78 is 5.80. The standard InChI is InChI=1S/C30H59NO/c1-3-5-7-9-11-13-14-15-16-17-18-19-20-22-24-26-28-32-29-30(31)27-25-23-21-12-10-8-6-4-2/h11,13,15-16,30H,3-10,12,14,17-29,31H2,1-2H3/t30-/m0/s1. The smallest absolute Gasteiger partial charge is 0.0617 e. The second kappa shape index (κ2) is 28.4. The molecule has 0 unspecified atom stereocenters. The number of nitrogens with two attached hydrogens (primary N) is 1. The normalized spacial score (nSPS) is 13.0. The molecule has 2 nitrogen and oxygen atoms in total. The van der Waals surface area contributed by atoms with Gasteiger partial charge in [0.1, 0.15) is 0 Å². The number of allylic oxidation sites excluding steroid dienone is 4. The SMILES string of the molecule is CCCCCC=CCC=CCCCCCCCCOC[C@@H](N)CCCCCCCCCC. The fourth-order valence-corrected chi connectivity index (χ4v) is 4.05. The molecule has 2 heteroatoms. The molecule has 1 atom stereocenters. The first-order valence-electron chi connectivity index (χ1n) is 14.4. The van der Waals surface area contributed by atoms with Crippen molar-refractivity contribution in [1.29, 1.82) is 0 Å². The zero-order valence-corrected chi connectivity index (χ0v) is 22.1. The van der Waals surface area contributed by atoms with Gasteiger partial charge in [0.15, 0.2) is 0 Å². The molecule has 0 bridgehead atoms. The fraction of sp³-hybridized carbons (Fsp3) is 0.867. The van der Waals surface area contributed by atoms with Crippen LogP contribution in [0.3, 0.4) is 0 Å². The monoisotopic (exact) mass is 449 g/mol. The third-order valence-corrected chi connectivity index (χ3v) is 6.25. The van der Waals surface area contributed by atoms with Gasteiger partial charge >= 0.3 is 0 Å². The highest BCUT2D eigenvalue weighted by atomic mass is 16.5. The Bertz CT molecular complexity index is 390. The van der Waals surface area contributed by atoms with Crippen LogP contribution in [-0.4, -0.2) is 19.3 Å². The lowest BCUT2D eigenvalue weighted by atomic mass is 10.1. The van der Waals surface area contributed by atoms with Gasteiger partial charge in [0, 0.05) is 12.6 Å². The topological polar surface area (TPSA) is 35.2 Å². The van der Waals surface area contributed by atoms with Crippen molar-refractivity contribution in [3.05, 3.63) is 24.3 Å². The molecule has 0 spiro atoms. The van der Waals surface area contributed by atoms with Crippen LogP contribution in [0.25, 0.3) is 0 Å². The van der Waals surface area contributed by atoms with Gasteiger partial charge in [-0.25, -0.2) is 0 Å². The van der Waals surface area contributed by atoms with E-state index >= 15 is 0 Å². The molecule has 0 aromatic rings. The Labute approximate surface area is 202 Å². The van der Waals surface area contributed by atoms with Crippen LogP contribution in [0.2, 0.25) is 0 Å². The van der Waals surface area contributed by atoms with Crippen LogP contribution in [0.5, 0.6) is 0 Å². The number of rotatable bonds is 26. The van der Waals surface area contributed by atoms with E-state index in [1.165, 1.54) is 122 Å². The average molecular weight is 450 g/mol. The van der Waals surface area contributed by atoms with Gasteiger partial charge in [0.05, 0.1) is 6.61 Å². The Hall–Kier alpha value is -0.600. The van der Waals surface area contributed by atoms with Crippen molar-refractivity contribution in [2.75, 3.05) is 13.2 Å². The van der Waals surface area contributed by atoms with Crippen LogP contribution in [0.1, 0.15) is 149 Å². The molecule has 0 fully saturated rings. The molecule has 0 rings (SSSR count). The van der Waals surface area contributed by atoms with Gasteiger partial charge in [-0.3, -0.25) is 0 Å². The Morgan fingerprint density at radius 3 is 1.66 bits per heavy atom. The van der Waals surface area contributed by atoms with E-state index in [0.717, 1.165) is 26.1 Å². The molecule has 0 aliphatic rings. The van der Waals surface area contributed by atoms with Crippen molar-refractivity contribution in [3.63, 3.8) is 0 Å². The van der Waals surface area contributed by atoms with Gasteiger partial charge < -0.3 is 10.5 Å². The predicted molar refractivity (Wildman–Crippen MR) is 145 cm³/mol. The minimum Gasteiger partial charge on any atom is -0.380 e. The lowest BCUT2D eigenvalue weighted by molar-refractivity contribution is 0.114. The van der Waals surface area contributed by atoms with Crippen LogP contribution in [-0.2, 0) is 4.74 Å². The lowest BCUT2D eigenvalue weighted by Crippen LogP contribution is -2.26. The van der Waals surface area contributed by atoms with Crippen molar-refractivity contribution >= 4 is 0 Å². The summed E-state index contributed by atoms with van der Waals surface area (Å²) in [5.41, 5.74) is 6.19. The first kappa shape index (κ1) is 31.4. The van der Waals surface area contributed by atoms with Crippen molar-refractivity contribution in [1.82, 2.24) is 0 Å². The fourth-order valence-electron chi connectivity index (χ4n) is 4.05. The van der Waals surface area contributed by atoms with Crippen LogP contribution in [0, 0.1) is 0 Å². The predicted octanol–water partition coefficient (Wildman–Crippen LogP) is 9.67. The zero-order chi connectivity index (χ0) is 23.4. The Kier molecular flexibility index (Phi) is 27.9. The molecule has 2 N–H and O–H groups in total. The molecule has 190 valence electrons. The summed E-state index contributed by atoms with van der Waals surface area (Å²) >= 11 is 0. The quantitative estimate of drug-likeness (QED) is 0.105. The molecule has 0 radical (unpaired) electrons.